The summed E-state index contributed by atoms with van der Waals surface area (Å²) in [4.78, 5) is 14.5. The Morgan fingerprint density at radius 3 is 2.35 bits per heavy atom. The summed E-state index contributed by atoms with van der Waals surface area (Å²) in [6.07, 6.45) is 0. The van der Waals surface area contributed by atoms with Crippen LogP contribution in [-0.2, 0) is 0 Å². The van der Waals surface area contributed by atoms with Crippen molar-refractivity contribution in [3.63, 3.8) is 0 Å². The standard InChI is InChI=1S/C19H22FNO2/c1-13(2)18(14-8-10-16(20)11-9-14)21(3)19(22)15-6-5-7-17(12-15)23-4/h5-13,18H,1-4H3. The normalized spacial score (nSPS) is 12.1. The lowest BCUT2D eigenvalue weighted by atomic mass is 9.94. The Labute approximate surface area is 136 Å². The molecule has 0 aliphatic carbocycles. The van der Waals surface area contributed by atoms with Crippen molar-refractivity contribution >= 4 is 5.91 Å². The molecule has 0 fully saturated rings. The monoisotopic (exact) mass is 315 g/mol. The first-order valence-electron chi connectivity index (χ1n) is 7.60. The van der Waals surface area contributed by atoms with Gasteiger partial charge in [0.2, 0.25) is 0 Å². The molecule has 1 atom stereocenters. The molecule has 4 heteroatoms. The maximum atomic E-state index is 13.2. The molecule has 23 heavy (non-hydrogen) atoms. The second-order valence-electron chi connectivity index (χ2n) is 5.89. The van der Waals surface area contributed by atoms with Gasteiger partial charge in [-0.25, -0.2) is 4.39 Å². The number of rotatable bonds is 5. The number of amides is 1. The Morgan fingerprint density at radius 1 is 1.13 bits per heavy atom. The van der Waals surface area contributed by atoms with Gasteiger partial charge in [0, 0.05) is 12.6 Å². The van der Waals surface area contributed by atoms with Crippen LogP contribution in [0.2, 0.25) is 0 Å². The predicted octanol–water partition coefficient (Wildman–Crippen LogP) is 4.30. The van der Waals surface area contributed by atoms with Gasteiger partial charge in [0.15, 0.2) is 0 Å². The summed E-state index contributed by atoms with van der Waals surface area (Å²) in [6.45, 7) is 4.09. The lowest BCUT2D eigenvalue weighted by Gasteiger charge is -2.32. The van der Waals surface area contributed by atoms with Crippen molar-refractivity contribution in [2.75, 3.05) is 14.2 Å². The van der Waals surface area contributed by atoms with Crippen LogP contribution < -0.4 is 4.74 Å². The molecule has 0 aliphatic rings. The Bertz CT molecular complexity index is 667. The molecule has 0 saturated heterocycles. The van der Waals surface area contributed by atoms with Gasteiger partial charge in [0.05, 0.1) is 13.2 Å². The zero-order chi connectivity index (χ0) is 17.0. The van der Waals surface area contributed by atoms with Crippen LogP contribution in [0.1, 0.15) is 35.8 Å². The van der Waals surface area contributed by atoms with E-state index in [9.17, 15) is 9.18 Å². The van der Waals surface area contributed by atoms with Gasteiger partial charge in [0.1, 0.15) is 11.6 Å². The molecule has 0 radical (unpaired) electrons. The quantitative estimate of drug-likeness (QED) is 0.823. The lowest BCUT2D eigenvalue weighted by Crippen LogP contribution is -2.34. The topological polar surface area (TPSA) is 29.5 Å². The Kier molecular flexibility index (Phi) is 5.37. The third kappa shape index (κ3) is 3.89. The third-order valence-corrected chi connectivity index (χ3v) is 3.90. The number of carbonyl (C=O) groups is 1. The number of hydrogen-bond acceptors (Lipinski definition) is 2. The van der Waals surface area contributed by atoms with Crippen LogP contribution in [0.4, 0.5) is 4.39 Å². The van der Waals surface area contributed by atoms with E-state index in [1.165, 1.54) is 12.1 Å². The molecule has 122 valence electrons. The first kappa shape index (κ1) is 17.0. The number of carbonyl (C=O) groups excluding carboxylic acids is 1. The molecular weight excluding hydrogens is 293 g/mol. The maximum absolute atomic E-state index is 13.2. The summed E-state index contributed by atoms with van der Waals surface area (Å²) in [7, 11) is 3.35. The molecule has 0 saturated carbocycles. The molecule has 0 N–H and O–H groups in total. The minimum Gasteiger partial charge on any atom is -0.497 e. The molecule has 0 heterocycles. The van der Waals surface area contributed by atoms with Gasteiger partial charge in [0.25, 0.3) is 5.91 Å². The van der Waals surface area contributed by atoms with Crippen LogP contribution in [0.3, 0.4) is 0 Å². The number of hydrogen-bond donors (Lipinski definition) is 0. The largest absolute Gasteiger partial charge is 0.497 e. The molecule has 0 spiro atoms. The van der Waals surface area contributed by atoms with Crippen molar-refractivity contribution in [1.82, 2.24) is 4.90 Å². The third-order valence-electron chi connectivity index (χ3n) is 3.90. The van der Waals surface area contributed by atoms with E-state index in [1.807, 2.05) is 13.8 Å². The minimum absolute atomic E-state index is 0.0908. The van der Waals surface area contributed by atoms with E-state index in [0.29, 0.717) is 11.3 Å². The van der Waals surface area contributed by atoms with Crippen molar-refractivity contribution in [1.29, 1.82) is 0 Å². The van der Waals surface area contributed by atoms with Gasteiger partial charge in [-0.2, -0.15) is 0 Å². The van der Waals surface area contributed by atoms with E-state index >= 15 is 0 Å². The van der Waals surface area contributed by atoms with E-state index < -0.39 is 0 Å². The minimum atomic E-state index is -0.280. The second kappa shape index (κ2) is 7.27. The fourth-order valence-corrected chi connectivity index (χ4v) is 2.80. The zero-order valence-electron chi connectivity index (χ0n) is 13.9. The van der Waals surface area contributed by atoms with Crippen molar-refractivity contribution in [3.8, 4) is 5.75 Å². The van der Waals surface area contributed by atoms with E-state index in [2.05, 4.69) is 0 Å². The second-order valence-corrected chi connectivity index (χ2v) is 5.89. The summed E-state index contributed by atoms with van der Waals surface area (Å²) < 4.78 is 18.3. The van der Waals surface area contributed by atoms with Crippen LogP contribution in [0.25, 0.3) is 0 Å². The first-order valence-corrected chi connectivity index (χ1v) is 7.60. The number of benzene rings is 2. The zero-order valence-corrected chi connectivity index (χ0v) is 13.9. The summed E-state index contributed by atoms with van der Waals surface area (Å²) in [6, 6.07) is 13.3. The highest BCUT2D eigenvalue weighted by molar-refractivity contribution is 5.94. The highest BCUT2D eigenvalue weighted by Crippen LogP contribution is 2.29. The Balaban J connectivity index is 2.31. The average Bonchev–Trinajstić information content (AvgIpc) is 2.55. The lowest BCUT2D eigenvalue weighted by molar-refractivity contribution is 0.0687. The Morgan fingerprint density at radius 2 is 1.78 bits per heavy atom. The van der Waals surface area contributed by atoms with E-state index in [1.54, 1.807) is 55.5 Å². The molecule has 0 aromatic heterocycles. The summed E-state index contributed by atoms with van der Waals surface area (Å²) in [5.74, 6) is 0.470. The molecule has 0 aliphatic heterocycles. The smallest absolute Gasteiger partial charge is 0.254 e. The van der Waals surface area contributed by atoms with Crippen LogP contribution in [0, 0.1) is 11.7 Å². The van der Waals surface area contributed by atoms with Crippen molar-refractivity contribution in [2.45, 2.75) is 19.9 Å². The van der Waals surface area contributed by atoms with Crippen LogP contribution in [-0.4, -0.2) is 25.0 Å². The van der Waals surface area contributed by atoms with Crippen LogP contribution in [0.5, 0.6) is 5.75 Å². The summed E-state index contributed by atoms with van der Waals surface area (Å²) >= 11 is 0. The van der Waals surface area contributed by atoms with E-state index in [0.717, 1.165) is 5.56 Å². The first-order chi connectivity index (χ1) is 10.9. The van der Waals surface area contributed by atoms with Gasteiger partial charge in [-0.05, 0) is 41.8 Å². The molecule has 0 bridgehead atoms. The highest BCUT2D eigenvalue weighted by atomic mass is 19.1. The van der Waals surface area contributed by atoms with Gasteiger partial charge >= 0.3 is 0 Å². The number of methoxy groups -OCH3 is 1. The van der Waals surface area contributed by atoms with Gasteiger partial charge in [-0.1, -0.05) is 32.0 Å². The van der Waals surface area contributed by atoms with E-state index in [-0.39, 0.29) is 23.7 Å². The average molecular weight is 315 g/mol. The summed E-state index contributed by atoms with van der Waals surface area (Å²) in [5.41, 5.74) is 1.49. The molecule has 3 nitrogen and oxygen atoms in total. The van der Waals surface area contributed by atoms with Crippen LogP contribution >= 0.6 is 0 Å². The summed E-state index contributed by atoms with van der Waals surface area (Å²) in [5, 5.41) is 0. The molecule has 2 rings (SSSR count). The molecule has 2 aromatic carbocycles. The predicted molar refractivity (Wildman–Crippen MR) is 89.1 cm³/mol. The SMILES string of the molecule is COc1cccc(C(=O)N(C)C(c2ccc(F)cc2)C(C)C)c1. The van der Waals surface area contributed by atoms with Crippen LogP contribution in [0.15, 0.2) is 48.5 Å². The fraction of sp³-hybridized carbons (Fsp3) is 0.316. The molecular formula is C19H22FNO2. The number of ether oxygens (including phenoxy) is 1. The fourth-order valence-electron chi connectivity index (χ4n) is 2.80. The molecule has 2 aromatic rings. The van der Waals surface area contributed by atoms with E-state index in [4.69, 9.17) is 4.74 Å². The number of halogens is 1. The Hall–Kier alpha value is -2.36. The van der Waals surface area contributed by atoms with Gasteiger partial charge in [-0.15, -0.1) is 0 Å². The van der Waals surface area contributed by atoms with Gasteiger partial charge < -0.3 is 9.64 Å². The highest BCUT2D eigenvalue weighted by Gasteiger charge is 2.25. The van der Waals surface area contributed by atoms with Crippen molar-refractivity contribution < 1.29 is 13.9 Å². The van der Waals surface area contributed by atoms with Gasteiger partial charge in [-0.3, -0.25) is 4.79 Å². The number of nitrogens with zero attached hydrogens (tertiary/aromatic N) is 1. The molecule has 1 amide bonds. The van der Waals surface area contributed by atoms with Crippen molar-refractivity contribution in [2.24, 2.45) is 5.92 Å². The molecule has 1 unspecified atom stereocenters. The van der Waals surface area contributed by atoms with Crippen molar-refractivity contribution in [3.05, 3.63) is 65.5 Å². The maximum Gasteiger partial charge on any atom is 0.254 e.